The number of benzene rings is 2. The number of hydrogen-bond donors (Lipinski definition) is 4. The van der Waals surface area contributed by atoms with E-state index in [0.29, 0.717) is 17.1 Å². The fourth-order valence-electron chi connectivity index (χ4n) is 2.49. The fraction of sp³-hybridized carbons (Fsp3) is 0.286. The van der Waals surface area contributed by atoms with Crippen LogP contribution in [0.2, 0.25) is 0 Å². The number of carbonyl (C=O) groups excluding carboxylic acids is 3. The highest BCUT2D eigenvalue weighted by atomic mass is 32.2. The molecule has 0 aliphatic rings. The molecule has 31 heavy (non-hydrogen) atoms. The minimum atomic E-state index is -3.96. The van der Waals surface area contributed by atoms with Crippen LogP contribution < -0.4 is 20.7 Å². The second kappa shape index (κ2) is 10.2. The minimum Gasteiger partial charge on any atom is -0.326 e. The molecule has 0 heterocycles. The summed E-state index contributed by atoms with van der Waals surface area (Å²) in [6.45, 7) is 6.30. The molecule has 9 nitrogen and oxygen atoms in total. The quantitative estimate of drug-likeness (QED) is 0.494. The molecule has 0 radical (unpaired) electrons. The molecule has 1 atom stereocenters. The summed E-state index contributed by atoms with van der Waals surface area (Å²) < 4.78 is 27.4. The van der Waals surface area contributed by atoms with Crippen LogP contribution in [-0.2, 0) is 24.4 Å². The Morgan fingerprint density at radius 2 is 1.32 bits per heavy atom. The molecule has 0 fully saturated rings. The van der Waals surface area contributed by atoms with E-state index < -0.39 is 22.0 Å². The molecule has 2 aromatic rings. The lowest BCUT2D eigenvalue weighted by Crippen LogP contribution is -2.41. The molecule has 0 aromatic heterocycles. The smallest absolute Gasteiger partial charge is 0.242 e. The van der Waals surface area contributed by atoms with E-state index in [1.54, 1.807) is 38.1 Å². The molecule has 0 aliphatic heterocycles. The molecule has 0 saturated heterocycles. The van der Waals surface area contributed by atoms with Crippen LogP contribution in [0.25, 0.3) is 0 Å². The summed E-state index contributed by atoms with van der Waals surface area (Å²) in [5.74, 6) is -1.19. The summed E-state index contributed by atoms with van der Waals surface area (Å²) in [5, 5.41) is 7.90. The number of nitrogens with one attached hydrogen (secondary N) is 4. The van der Waals surface area contributed by atoms with Gasteiger partial charge in [0.25, 0.3) is 0 Å². The maximum absolute atomic E-state index is 12.5. The first-order chi connectivity index (χ1) is 14.5. The van der Waals surface area contributed by atoms with E-state index in [9.17, 15) is 22.8 Å². The molecule has 4 N–H and O–H groups in total. The molecule has 2 rings (SSSR count). The predicted molar refractivity (Wildman–Crippen MR) is 119 cm³/mol. The molecule has 10 heteroatoms. The first-order valence-electron chi connectivity index (χ1n) is 9.59. The standard InChI is InChI=1S/C21H26N4O5S/c1-13(2)20(27)23-17-6-5-7-18(12-17)24-21(28)14(3)25-31(29,30)19-10-8-16(9-11-19)22-15(4)26/h5-14,25H,1-4H3,(H,22,26)(H,23,27)(H,24,28)/t14-/m0/s1. The summed E-state index contributed by atoms with van der Waals surface area (Å²) in [5.41, 5.74) is 1.39. The lowest BCUT2D eigenvalue weighted by molar-refractivity contribution is -0.119. The maximum atomic E-state index is 12.5. The Balaban J connectivity index is 2.03. The van der Waals surface area contributed by atoms with Crippen LogP contribution in [0.4, 0.5) is 17.1 Å². The maximum Gasteiger partial charge on any atom is 0.242 e. The van der Waals surface area contributed by atoms with Gasteiger partial charge in [0.2, 0.25) is 27.7 Å². The van der Waals surface area contributed by atoms with Gasteiger partial charge in [-0.2, -0.15) is 4.72 Å². The van der Waals surface area contributed by atoms with Crippen molar-refractivity contribution in [2.24, 2.45) is 5.92 Å². The van der Waals surface area contributed by atoms with Crippen molar-refractivity contribution in [1.82, 2.24) is 4.72 Å². The van der Waals surface area contributed by atoms with Gasteiger partial charge in [0, 0.05) is 29.9 Å². The third-order valence-electron chi connectivity index (χ3n) is 4.13. The van der Waals surface area contributed by atoms with Crippen molar-refractivity contribution in [2.45, 2.75) is 38.6 Å². The Hall–Kier alpha value is -3.24. The third-order valence-corrected chi connectivity index (χ3v) is 5.69. The molecule has 0 bridgehead atoms. The Morgan fingerprint density at radius 3 is 1.84 bits per heavy atom. The van der Waals surface area contributed by atoms with Gasteiger partial charge in [-0.15, -0.1) is 0 Å². The van der Waals surface area contributed by atoms with Gasteiger partial charge >= 0.3 is 0 Å². The monoisotopic (exact) mass is 446 g/mol. The molecular weight excluding hydrogens is 420 g/mol. The van der Waals surface area contributed by atoms with Gasteiger partial charge < -0.3 is 16.0 Å². The highest BCUT2D eigenvalue weighted by molar-refractivity contribution is 7.89. The normalized spacial score (nSPS) is 12.2. The van der Waals surface area contributed by atoms with Gasteiger partial charge in [0.05, 0.1) is 10.9 Å². The number of hydrogen-bond acceptors (Lipinski definition) is 5. The van der Waals surface area contributed by atoms with Crippen LogP contribution >= 0.6 is 0 Å². The van der Waals surface area contributed by atoms with Crippen molar-refractivity contribution in [3.8, 4) is 0 Å². The molecule has 3 amide bonds. The Kier molecular flexibility index (Phi) is 7.89. The molecule has 0 saturated carbocycles. The van der Waals surface area contributed by atoms with Crippen molar-refractivity contribution in [3.63, 3.8) is 0 Å². The molecule has 2 aromatic carbocycles. The van der Waals surface area contributed by atoms with E-state index in [0.717, 1.165) is 0 Å². The SMILES string of the molecule is CC(=O)Nc1ccc(S(=O)(=O)N[C@@H](C)C(=O)Nc2cccc(NC(=O)C(C)C)c2)cc1. The lowest BCUT2D eigenvalue weighted by atomic mass is 10.2. The van der Waals surface area contributed by atoms with Crippen molar-refractivity contribution >= 4 is 44.8 Å². The van der Waals surface area contributed by atoms with Crippen molar-refractivity contribution < 1.29 is 22.8 Å². The highest BCUT2D eigenvalue weighted by Gasteiger charge is 2.22. The van der Waals surface area contributed by atoms with E-state index in [2.05, 4.69) is 20.7 Å². The first kappa shape index (κ1) is 24.0. The van der Waals surface area contributed by atoms with Crippen molar-refractivity contribution in [1.29, 1.82) is 0 Å². The fourth-order valence-corrected chi connectivity index (χ4v) is 3.69. The van der Waals surface area contributed by atoms with Gasteiger partial charge in [0.15, 0.2) is 0 Å². The second-order valence-electron chi connectivity index (χ2n) is 7.26. The average Bonchev–Trinajstić information content (AvgIpc) is 2.67. The van der Waals surface area contributed by atoms with Gasteiger partial charge in [-0.3, -0.25) is 14.4 Å². The van der Waals surface area contributed by atoms with Crippen LogP contribution in [0.1, 0.15) is 27.7 Å². The summed E-state index contributed by atoms with van der Waals surface area (Å²) in [6, 6.07) is 11.1. The Morgan fingerprint density at radius 1 is 0.774 bits per heavy atom. The number of anilines is 3. The Labute approximate surface area is 181 Å². The second-order valence-corrected chi connectivity index (χ2v) is 8.98. The summed E-state index contributed by atoms with van der Waals surface area (Å²) >= 11 is 0. The number of amides is 3. The van der Waals surface area contributed by atoms with E-state index in [1.165, 1.54) is 38.1 Å². The number of carbonyl (C=O) groups is 3. The summed E-state index contributed by atoms with van der Waals surface area (Å²) in [7, 11) is -3.96. The average molecular weight is 447 g/mol. The largest absolute Gasteiger partial charge is 0.326 e. The number of rotatable bonds is 8. The van der Waals surface area contributed by atoms with E-state index >= 15 is 0 Å². The van der Waals surface area contributed by atoms with E-state index in [4.69, 9.17) is 0 Å². The predicted octanol–water partition coefficient (Wildman–Crippen LogP) is 2.54. The highest BCUT2D eigenvalue weighted by Crippen LogP contribution is 2.17. The molecule has 166 valence electrons. The Bertz CT molecular complexity index is 1070. The first-order valence-corrected chi connectivity index (χ1v) is 11.1. The zero-order valence-corrected chi connectivity index (χ0v) is 18.5. The van der Waals surface area contributed by atoms with Gasteiger partial charge in [-0.1, -0.05) is 19.9 Å². The van der Waals surface area contributed by atoms with Crippen LogP contribution in [-0.4, -0.2) is 32.2 Å². The molecule has 0 spiro atoms. The van der Waals surface area contributed by atoms with Gasteiger partial charge in [-0.25, -0.2) is 8.42 Å². The van der Waals surface area contributed by atoms with E-state index in [1.807, 2.05) is 0 Å². The van der Waals surface area contributed by atoms with Crippen molar-refractivity contribution in [3.05, 3.63) is 48.5 Å². The lowest BCUT2D eigenvalue weighted by Gasteiger charge is -2.15. The molecular formula is C21H26N4O5S. The van der Waals surface area contributed by atoms with Crippen molar-refractivity contribution in [2.75, 3.05) is 16.0 Å². The minimum absolute atomic E-state index is 0.0420. The summed E-state index contributed by atoms with van der Waals surface area (Å²) in [4.78, 5) is 35.3. The molecule has 0 unspecified atom stereocenters. The van der Waals surface area contributed by atoms with Crippen LogP contribution in [0.15, 0.2) is 53.4 Å². The van der Waals surface area contributed by atoms with Gasteiger partial charge in [0.1, 0.15) is 0 Å². The topological polar surface area (TPSA) is 133 Å². The van der Waals surface area contributed by atoms with Gasteiger partial charge in [-0.05, 0) is 49.4 Å². The number of sulfonamides is 1. The zero-order chi connectivity index (χ0) is 23.2. The van der Waals surface area contributed by atoms with Crippen LogP contribution in [0.5, 0.6) is 0 Å². The van der Waals surface area contributed by atoms with Crippen LogP contribution in [0.3, 0.4) is 0 Å². The van der Waals surface area contributed by atoms with Crippen LogP contribution in [0, 0.1) is 5.92 Å². The third kappa shape index (κ3) is 7.19. The zero-order valence-electron chi connectivity index (χ0n) is 17.7. The molecule has 0 aliphatic carbocycles. The van der Waals surface area contributed by atoms with E-state index in [-0.39, 0.29) is 22.6 Å². The summed E-state index contributed by atoms with van der Waals surface area (Å²) in [6.07, 6.45) is 0.